The van der Waals surface area contributed by atoms with Gasteiger partial charge < -0.3 is 10.0 Å². The third-order valence-electron chi connectivity index (χ3n) is 5.34. The van der Waals surface area contributed by atoms with Crippen LogP contribution in [0.15, 0.2) is 84.4 Å². The van der Waals surface area contributed by atoms with Crippen LogP contribution in [0.3, 0.4) is 0 Å². The Morgan fingerprint density at radius 2 is 1.58 bits per heavy atom. The first-order valence-electron chi connectivity index (χ1n) is 9.80. The maximum atomic E-state index is 14.8. The van der Waals surface area contributed by atoms with E-state index >= 15 is 0 Å². The number of hydrogen-bond donors (Lipinski definition) is 1. The van der Waals surface area contributed by atoms with Gasteiger partial charge in [-0.05, 0) is 42.3 Å². The molecule has 0 aliphatic carbocycles. The average molecular weight is 436 g/mol. The molecule has 0 radical (unpaired) electrons. The summed E-state index contributed by atoms with van der Waals surface area (Å²) >= 11 is 5.92. The molecule has 3 aromatic rings. The van der Waals surface area contributed by atoms with Crippen LogP contribution in [0.2, 0.25) is 5.02 Å². The van der Waals surface area contributed by atoms with Crippen LogP contribution < -0.4 is 0 Å². The zero-order valence-corrected chi connectivity index (χ0v) is 17.2. The first kappa shape index (κ1) is 20.8. The number of halogens is 2. The smallest absolute Gasteiger partial charge is 0.295 e. The summed E-state index contributed by atoms with van der Waals surface area (Å²) in [6.45, 7) is 0.199. The topological polar surface area (TPSA) is 57.6 Å². The molecule has 156 valence electrons. The molecule has 0 bridgehead atoms. The number of rotatable bonds is 5. The minimum Gasteiger partial charge on any atom is -0.507 e. The molecule has 1 aliphatic heterocycles. The van der Waals surface area contributed by atoms with E-state index < -0.39 is 23.5 Å². The molecular formula is C25H19ClFNO3. The highest BCUT2D eigenvalue weighted by Gasteiger charge is 2.46. The molecule has 1 N–H and O–H groups in total. The van der Waals surface area contributed by atoms with Crippen molar-refractivity contribution in [1.29, 1.82) is 0 Å². The molecule has 1 unspecified atom stereocenters. The molecular weight excluding hydrogens is 417 g/mol. The molecule has 31 heavy (non-hydrogen) atoms. The highest BCUT2D eigenvalue weighted by molar-refractivity contribution is 6.46. The molecule has 0 spiro atoms. The second-order valence-electron chi connectivity index (χ2n) is 7.26. The standard InChI is InChI=1S/C25H19ClFNO3/c26-18-12-10-17(11-13-18)23(29)21-22(19-8-4-5-9-20(19)27)28(25(31)24(21)30)15-14-16-6-2-1-3-7-16/h1-13,22,29H,14-15H2. The van der Waals surface area contributed by atoms with Gasteiger partial charge in [0.2, 0.25) is 0 Å². The van der Waals surface area contributed by atoms with Crippen LogP contribution in [-0.4, -0.2) is 28.2 Å². The summed E-state index contributed by atoms with van der Waals surface area (Å²) in [5, 5.41) is 11.4. The fourth-order valence-electron chi connectivity index (χ4n) is 3.79. The molecule has 1 atom stereocenters. The second-order valence-corrected chi connectivity index (χ2v) is 7.69. The Bertz CT molecular complexity index is 1160. The predicted molar refractivity (Wildman–Crippen MR) is 117 cm³/mol. The van der Waals surface area contributed by atoms with Gasteiger partial charge >= 0.3 is 0 Å². The zero-order chi connectivity index (χ0) is 22.0. The summed E-state index contributed by atoms with van der Waals surface area (Å²) in [7, 11) is 0. The molecule has 0 saturated carbocycles. The van der Waals surface area contributed by atoms with Gasteiger partial charge in [-0.3, -0.25) is 9.59 Å². The highest BCUT2D eigenvalue weighted by atomic mass is 35.5. The number of aliphatic hydroxyl groups excluding tert-OH is 1. The van der Waals surface area contributed by atoms with Crippen LogP contribution in [0.4, 0.5) is 4.39 Å². The van der Waals surface area contributed by atoms with Crippen molar-refractivity contribution < 1.29 is 19.1 Å². The lowest BCUT2D eigenvalue weighted by molar-refractivity contribution is -0.139. The number of likely N-dealkylation sites (tertiary alicyclic amines) is 1. The van der Waals surface area contributed by atoms with Crippen molar-refractivity contribution in [2.45, 2.75) is 12.5 Å². The van der Waals surface area contributed by atoms with E-state index in [-0.39, 0.29) is 23.4 Å². The fraction of sp³-hybridized carbons (Fsp3) is 0.120. The van der Waals surface area contributed by atoms with Crippen molar-refractivity contribution in [3.63, 3.8) is 0 Å². The lowest BCUT2D eigenvalue weighted by Gasteiger charge is -2.25. The van der Waals surface area contributed by atoms with Gasteiger partial charge in [-0.1, -0.05) is 60.1 Å². The van der Waals surface area contributed by atoms with Gasteiger partial charge in [0, 0.05) is 22.7 Å². The van der Waals surface area contributed by atoms with Gasteiger partial charge in [-0.2, -0.15) is 0 Å². The Hall–Kier alpha value is -3.44. The largest absolute Gasteiger partial charge is 0.507 e. The monoisotopic (exact) mass is 435 g/mol. The lowest BCUT2D eigenvalue weighted by Crippen LogP contribution is -2.32. The molecule has 6 heteroatoms. The minimum atomic E-state index is -1.03. The molecule has 4 nitrogen and oxygen atoms in total. The normalized spacial score (nSPS) is 17.9. The van der Waals surface area contributed by atoms with E-state index in [1.54, 1.807) is 30.3 Å². The van der Waals surface area contributed by atoms with Crippen molar-refractivity contribution in [3.8, 4) is 0 Å². The number of carbonyl (C=O) groups is 2. The Kier molecular flexibility index (Phi) is 5.87. The highest BCUT2D eigenvalue weighted by Crippen LogP contribution is 2.40. The van der Waals surface area contributed by atoms with E-state index in [1.165, 1.54) is 23.1 Å². The molecule has 1 heterocycles. The van der Waals surface area contributed by atoms with Crippen LogP contribution in [0.5, 0.6) is 0 Å². The van der Waals surface area contributed by atoms with Crippen LogP contribution >= 0.6 is 11.6 Å². The first-order chi connectivity index (χ1) is 15.0. The van der Waals surface area contributed by atoms with Gasteiger partial charge in [0.15, 0.2) is 0 Å². The van der Waals surface area contributed by atoms with Gasteiger partial charge in [0.1, 0.15) is 11.6 Å². The maximum Gasteiger partial charge on any atom is 0.295 e. The van der Waals surface area contributed by atoms with E-state index in [0.717, 1.165) is 5.56 Å². The molecule has 1 amide bonds. The molecule has 4 rings (SSSR count). The van der Waals surface area contributed by atoms with E-state index in [0.29, 0.717) is 17.0 Å². The maximum absolute atomic E-state index is 14.8. The van der Waals surface area contributed by atoms with E-state index in [1.807, 2.05) is 30.3 Å². The third kappa shape index (κ3) is 4.09. The van der Waals surface area contributed by atoms with Gasteiger partial charge in [0.25, 0.3) is 11.7 Å². The van der Waals surface area contributed by atoms with Crippen molar-refractivity contribution >= 4 is 29.1 Å². The Morgan fingerprint density at radius 1 is 0.935 bits per heavy atom. The van der Waals surface area contributed by atoms with E-state index in [9.17, 15) is 19.1 Å². The quantitative estimate of drug-likeness (QED) is 0.343. The molecule has 0 aromatic heterocycles. The van der Waals surface area contributed by atoms with Crippen LogP contribution in [0.25, 0.3) is 5.76 Å². The van der Waals surface area contributed by atoms with Gasteiger partial charge in [-0.25, -0.2) is 4.39 Å². The Balaban J connectivity index is 1.80. The number of carbonyl (C=O) groups excluding carboxylic acids is 2. The van der Waals surface area contributed by atoms with Gasteiger partial charge in [0.05, 0.1) is 11.6 Å². The third-order valence-corrected chi connectivity index (χ3v) is 5.59. The summed E-state index contributed by atoms with van der Waals surface area (Å²) in [6.07, 6.45) is 0.486. The van der Waals surface area contributed by atoms with Gasteiger partial charge in [-0.15, -0.1) is 0 Å². The number of benzene rings is 3. The number of nitrogens with zero attached hydrogens (tertiary/aromatic N) is 1. The predicted octanol–water partition coefficient (Wildman–Crippen LogP) is 5.14. The van der Waals surface area contributed by atoms with E-state index in [4.69, 9.17) is 11.6 Å². The van der Waals surface area contributed by atoms with Crippen LogP contribution in [0, 0.1) is 5.82 Å². The van der Waals surface area contributed by atoms with E-state index in [2.05, 4.69) is 0 Å². The molecule has 3 aromatic carbocycles. The molecule has 1 fully saturated rings. The Labute approximate surface area is 184 Å². The minimum absolute atomic E-state index is 0.134. The molecule has 1 aliphatic rings. The summed E-state index contributed by atoms with van der Waals surface area (Å²) < 4.78 is 14.8. The first-order valence-corrected chi connectivity index (χ1v) is 10.2. The summed E-state index contributed by atoms with van der Waals surface area (Å²) in [5.74, 6) is -2.51. The summed E-state index contributed by atoms with van der Waals surface area (Å²) in [5.41, 5.74) is 1.33. The van der Waals surface area contributed by atoms with Crippen molar-refractivity contribution in [1.82, 2.24) is 4.90 Å². The van der Waals surface area contributed by atoms with Crippen LogP contribution in [-0.2, 0) is 16.0 Å². The Morgan fingerprint density at radius 3 is 2.26 bits per heavy atom. The lowest BCUT2D eigenvalue weighted by atomic mass is 9.95. The molecule has 1 saturated heterocycles. The number of Topliss-reactive ketones (excluding diaryl/α,β-unsaturated/α-hetero) is 1. The average Bonchev–Trinajstić information content (AvgIpc) is 3.03. The second kappa shape index (κ2) is 8.74. The van der Waals surface area contributed by atoms with Crippen molar-refractivity contribution in [2.75, 3.05) is 6.54 Å². The van der Waals surface area contributed by atoms with Crippen molar-refractivity contribution in [2.24, 2.45) is 0 Å². The fourth-order valence-corrected chi connectivity index (χ4v) is 3.91. The zero-order valence-electron chi connectivity index (χ0n) is 16.5. The SMILES string of the molecule is O=C1C(=O)N(CCc2ccccc2)C(c2ccccc2F)C1=C(O)c1ccc(Cl)cc1. The van der Waals surface area contributed by atoms with Crippen molar-refractivity contribution in [3.05, 3.63) is 112 Å². The number of hydrogen-bond acceptors (Lipinski definition) is 3. The summed E-state index contributed by atoms with van der Waals surface area (Å²) in [4.78, 5) is 27.2. The van der Waals surface area contributed by atoms with Crippen LogP contribution in [0.1, 0.15) is 22.7 Å². The number of amides is 1. The summed E-state index contributed by atoms with van der Waals surface area (Å²) in [6, 6.07) is 20.7. The number of ketones is 1. The number of aliphatic hydroxyl groups is 1.